The van der Waals surface area contributed by atoms with Crippen LogP contribution < -0.4 is 5.32 Å². The van der Waals surface area contributed by atoms with Crippen molar-refractivity contribution < 1.29 is 14.7 Å². The number of Topliss-reactive ketones (excluding diaryl/α,β-unsaturated/α-hetero) is 1. The molecule has 0 radical (unpaired) electrons. The van der Waals surface area contributed by atoms with Crippen LogP contribution in [0.25, 0.3) is 5.69 Å². The number of anilines is 1. The van der Waals surface area contributed by atoms with Gasteiger partial charge in [-0.2, -0.15) is 5.10 Å². The van der Waals surface area contributed by atoms with Crippen molar-refractivity contribution in [2.45, 2.75) is 51.4 Å². The molecule has 3 heterocycles. The Hall–Kier alpha value is -3.97. The lowest BCUT2D eigenvalue weighted by Gasteiger charge is -2.35. The number of fused-ring (bicyclic) bond motifs is 1. The third-order valence-corrected chi connectivity index (χ3v) is 8.74. The lowest BCUT2D eigenvalue weighted by Crippen LogP contribution is -2.30. The summed E-state index contributed by atoms with van der Waals surface area (Å²) in [6, 6.07) is 19.6. The van der Waals surface area contributed by atoms with E-state index < -0.39 is 5.97 Å². The molecule has 2 N–H and O–H groups in total. The number of nitrogens with zero attached hydrogens (tertiary/aromatic N) is 2. The number of allylic oxidation sites excluding steroid dienone is 2. The van der Waals surface area contributed by atoms with E-state index in [9.17, 15) is 14.7 Å². The van der Waals surface area contributed by atoms with Crippen molar-refractivity contribution in [3.05, 3.63) is 110 Å². The third kappa shape index (κ3) is 3.98. The zero-order valence-electron chi connectivity index (χ0n) is 21.6. The summed E-state index contributed by atoms with van der Waals surface area (Å²) in [5, 5.41) is 20.3. The van der Waals surface area contributed by atoms with Crippen LogP contribution in [0.5, 0.6) is 0 Å². The number of carboxylic acids is 1. The molecule has 38 heavy (non-hydrogen) atoms. The van der Waals surface area contributed by atoms with Crippen LogP contribution in [0.1, 0.15) is 82.1 Å². The number of hydrogen-bond donors (Lipinski definition) is 2. The van der Waals surface area contributed by atoms with Crippen molar-refractivity contribution in [1.29, 1.82) is 0 Å². The molecule has 2 aliphatic rings. The fourth-order valence-corrected chi connectivity index (χ4v) is 6.65. The van der Waals surface area contributed by atoms with Crippen molar-refractivity contribution in [1.82, 2.24) is 9.78 Å². The molecule has 6 rings (SSSR count). The molecular weight excluding hydrogens is 494 g/mol. The van der Waals surface area contributed by atoms with Gasteiger partial charge in [-0.05, 0) is 54.0 Å². The number of aryl methyl sites for hydroxylation is 1. The molecule has 0 unspecified atom stereocenters. The van der Waals surface area contributed by atoms with E-state index in [2.05, 4.69) is 54.9 Å². The van der Waals surface area contributed by atoms with Gasteiger partial charge in [0.15, 0.2) is 5.78 Å². The number of aromatic carboxylic acids is 1. The highest BCUT2D eigenvalue weighted by Gasteiger charge is 2.41. The Balaban J connectivity index is 1.55. The van der Waals surface area contributed by atoms with E-state index >= 15 is 0 Å². The van der Waals surface area contributed by atoms with Gasteiger partial charge in [0.1, 0.15) is 5.82 Å². The molecule has 2 aromatic carbocycles. The van der Waals surface area contributed by atoms with Crippen LogP contribution in [0.3, 0.4) is 0 Å². The Kier molecular flexibility index (Phi) is 6.03. The summed E-state index contributed by atoms with van der Waals surface area (Å²) in [4.78, 5) is 27.1. The smallest absolute Gasteiger partial charge is 0.337 e. The van der Waals surface area contributed by atoms with Gasteiger partial charge in [0, 0.05) is 40.0 Å². The van der Waals surface area contributed by atoms with Crippen LogP contribution in [0.15, 0.2) is 77.3 Å². The topological polar surface area (TPSA) is 84.2 Å². The maximum Gasteiger partial charge on any atom is 0.337 e. The minimum Gasteiger partial charge on any atom is -0.478 e. The van der Waals surface area contributed by atoms with Gasteiger partial charge in [-0.15, -0.1) is 11.3 Å². The van der Waals surface area contributed by atoms with Gasteiger partial charge in [0.05, 0.1) is 16.9 Å². The quantitative estimate of drug-likeness (QED) is 0.294. The summed E-state index contributed by atoms with van der Waals surface area (Å²) in [7, 11) is 0. The van der Waals surface area contributed by atoms with Gasteiger partial charge in [0.25, 0.3) is 0 Å². The molecule has 0 spiro atoms. The normalized spacial score (nSPS) is 18.8. The molecule has 0 amide bonds. The van der Waals surface area contributed by atoms with Crippen molar-refractivity contribution in [2.75, 3.05) is 5.32 Å². The largest absolute Gasteiger partial charge is 0.478 e. The first-order valence-electron chi connectivity index (χ1n) is 12.9. The summed E-state index contributed by atoms with van der Waals surface area (Å²) >= 11 is 1.68. The first kappa shape index (κ1) is 24.4. The number of benzene rings is 2. The molecular formula is C31H29N3O3S. The SMILES string of the molecule is Cc1nn(-c2ccccc2C(=O)O)c2c1[C@@H](c1ccc(C(C)C)cc1)C1=C(C[C@@H](c3cccs3)CC1=O)N2. The summed E-state index contributed by atoms with van der Waals surface area (Å²) in [5.74, 6) is 0.117. The molecule has 192 valence electrons. The molecule has 0 bridgehead atoms. The van der Waals surface area contributed by atoms with E-state index in [1.807, 2.05) is 19.1 Å². The fraction of sp³-hybridized carbons (Fsp3) is 0.258. The van der Waals surface area contributed by atoms with Crippen molar-refractivity contribution >= 4 is 28.9 Å². The fourth-order valence-electron chi connectivity index (χ4n) is 5.82. The number of hydrogen-bond acceptors (Lipinski definition) is 5. The molecule has 0 saturated heterocycles. The molecule has 1 aliphatic heterocycles. The molecule has 6 nitrogen and oxygen atoms in total. The van der Waals surface area contributed by atoms with Crippen molar-refractivity contribution in [3.63, 3.8) is 0 Å². The highest BCUT2D eigenvalue weighted by molar-refractivity contribution is 7.10. The molecule has 4 aromatic rings. The van der Waals surface area contributed by atoms with Crippen molar-refractivity contribution in [3.8, 4) is 5.69 Å². The number of aromatic nitrogens is 2. The van der Waals surface area contributed by atoms with Gasteiger partial charge in [0.2, 0.25) is 0 Å². The van der Waals surface area contributed by atoms with Gasteiger partial charge in [-0.25, -0.2) is 9.48 Å². The summed E-state index contributed by atoms with van der Waals surface area (Å²) < 4.78 is 1.70. The number of nitrogens with one attached hydrogen (secondary N) is 1. The number of carbonyl (C=O) groups is 2. The van der Waals surface area contributed by atoms with Crippen LogP contribution in [-0.2, 0) is 4.79 Å². The number of carboxylic acid groups (broad SMARTS) is 1. The first-order valence-corrected chi connectivity index (χ1v) is 13.8. The Bertz CT molecular complexity index is 1580. The highest BCUT2D eigenvalue weighted by atomic mass is 32.1. The van der Waals surface area contributed by atoms with Crippen LogP contribution in [0, 0.1) is 6.92 Å². The second kappa shape index (κ2) is 9.40. The first-order chi connectivity index (χ1) is 18.3. The Morgan fingerprint density at radius 1 is 1.08 bits per heavy atom. The summed E-state index contributed by atoms with van der Waals surface area (Å²) in [6.07, 6.45) is 1.19. The van der Waals surface area contributed by atoms with Gasteiger partial charge >= 0.3 is 5.97 Å². The van der Waals surface area contributed by atoms with Crippen LogP contribution in [0.4, 0.5) is 5.82 Å². The molecule has 2 atom stereocenters. The Morgan fingerprint density at radius 3 is 2.53 bits per heavy atom. The second-order valence-corrected chi connectivity index (χ2v) is 11.4. The maximum absolute atomic E-state index is 13.8. The van der Waals surface area contributed by atoms with E-state index in [0.29, 0.717) is 24.4 Å². The molecule has 1 aliphatic carbocycles. The van der Waals surface area contributed by atoms with Gasteiger partial charge in [-0.3, -0.25) is 4.79 Å². The monoisotopic (exact) mass is 523 g/mol. The zero-order chi connectivity index (χ0) is 26.6. The third-order valence-electron chi connectivity index (χ3n) is 7.71. The number of para-hydroxylation sites is 1. The number of carbonyl (C=O) groups excluding carboxylic acids is 1. The summed E-state index contributed by atoms with van der Waals surface area (Å²) in [6.45, 7) is 6.27. The predicted molar refractivity (Wildman–Crippen MR) is 150 cm³/mol. The number of thiophene rings is 1. The minimum atomic E-state index is -1.01. The van der Waals surface area contributed by atoms with E-state index in [0.717, 1.165) is 33.9 Å². The van der Waals surface area contributed by atoms with E-state index in [-0.39, 0.29) is 23.2 Å². The number of ketones is 1. The molecule has 0 fully saturated rings. The minimum absolute atomic E-state index is 0.114. The average Bonchev–Trinajstić information content (AvgIpc) is 3.56. The predicted octanol–water partition coefficient (Wildman–Crippen LogP) is 7.02. The lowest BCUT2D eigenvalue weighted by atomic mass is 9.73. The Labute approximate surface area is 225 Å². The van der Waals surface area contributed by atoms with Crippen molar-refractivity contribution in [2.24, 2.45) is 0 Å². The van der Waals surface area contributed by atoms with Crippen LogP contribution >= 0.6 is 11.3 Å². The molecule has 2 aromatic heterocycles. The summed E-state index contributed by atoms with van der Waals surface area (Å²) in [5.41, 5.74) is 6.35. The maximum atomic E-state index is 13.8. The van der Waals surface area contributed by atoms with E-state index in [1.54, 1.807) is 34.2 Å². The van der Waals surface area contributed by atoms with E-state index in [1.165, 1.54) is 10.4 Å². The second-order valence-electron chi connectivity index (χ2n) is 10.4. The zero-order valence-corrected chi connectivity index (χ0v) is 22.4. The molecule has 0 saturated carbocycles. The lowest BCUT2D eigenvalue weighted by molar-refractivity contribution is -0.116. The van der Waals surface area contributed by atoms with Gasteiger partial charge in [-0.1, -0.05) is 56.3 Å². The van der Waals surface area contributed by atoms with Crippen LogP contribution in [-0.4, -0.2) is 26.6 Å². The molecule has 7 heteroatoms. The highest BCUT2D eigenvalue weighted by Crippen LogP contribution is 2.50. The van der Waals surface area contributed by atoms with E-state index in [4.69, 9.17) is 5.10 Å². The average molecular weight is 524 g/mol. The number of rotatable bonds is 5. The van der Waals surface area contributed by atoms with Gasteiger partial charge < -0.3 is 10.4 Å². The standard InChI is InChI=1S/C31H29N3O3S/c1-17(2)19-10-12-20(13-11-19)28-27-18(3)33-34(24-8-5-4-7-22(24)31(36)37)30(27)32-23-15-21(16-25(35)29(23)28)26-9-6-14-38-26/h4-14,17,21,28,32H,15-16H2,1-3H3,(H,36,37)/t21-,28-/m1/s1. The van der Waals surface area contributed by atoms with Crippen LogP contribution in [0.2, 0.25) is 0 Å². The Morgan fingerprint density at radius 2 is 1.84 bits per heavy atom.